The first-order chi connectivity index (χ1) is 26.0. The Balaban J connectivity index is 0.000000184. The first kappa shape index (κ1) is 41.6. The van der Waals surface area contributed by atoms with Gasteiger partial charge < -0.3 is 20.4 Å². The molecule has 7 aromatic rings. The van der Waals surface area contributed by atoms with Crippen LogP contribution in [0.5, 0.6) is 23.0 Å². The zero-order valence-corrected chi connectivity index (χ0v) is 31.6. The standard InChI is InChI=1S/C12H10N2.C12H10.C8H12N2.2C7H8O2/c1(11-3-7-13-8-4-11)2-12-5-9-14-10-6-12;1-3-7-11(8-4-1)12-9-5-2-6-10-12;1-5-6(2)10-8(4)7(3)9-5;2*1-5-6(8)3-2-4-7(5)9/h1-10H;1-10H;1-4H3;2*2-4,8-9H,1H3/b2-1+;;;;. The summed E-state index contributed by atoms with van der Waals surface area (Å²) in [6.45, 7) is 11.2. The third-order valence-corrected chi connectivity index (χ3v) is 8.03. The molecule has 0 radical (unpaired) electrons. The second-order valence-corrected chi connectivity index (χ2v) is 12.0. The number of hydrogen-bond acceptors (Lipinski definition) is 8. The minimum absolute atomic E-state index is 0.134. The Kier molecular flexibility index (Phi) is 17.1. The molecule has 0 fully saturated rings. The fourth-order valence-electron chi connectivity index (χ4n) is 4.45. The van der Waals surface area contributed by atoms with Crippen molar-refractivity contribution in [2.75, 3.05) is 0 Å². The van der Waals surface area contributed by atoms with Gasteiger partial charge in [0.15, 0.2) is 0 Å². The molecule has 0 saturated carbocycles. The SMILES string of the molecule is C(=C\c1ccncc1)/c1ccncc1.Cc1c(O)cccc1O.Cc1c(O)cccc1O.Cc1nc(C)c(C)nc1C.c1ccc(-c2ccccc2)cc1. The van der Waals surface area contributed by atoms with E-state index in [0.717, 1.165) is 33.9 Å². The van der Waals surface area contributed by atoms with E-state index in [2.05, 4.69) is 80.6 Å². The third-order valence-electron chi connectivity index (χ3n) is 8.03. The maximum Gasteiger partial charge on any atom is 0.122 e. The third kappa shape index (κ3) is 14.4. The summed E-state index contributed by atoms with van der Waals surface area (Å²) in [6, 6.07) is 38.0. The van der Waals surface area contributed by atoms with E-state index < -0.39 is 0 Å². The van der Waals surface area contributed by atoms with Gasteiger partial charge in [0.05, 0.1) is 22.8 Å². The summed E-state index contributed by atoms with van der Waals surface area (Å²) in [5, 5.41) is 35.8. The largest absolute Gasteiger partial charge is 0.508 e. The quantitative estimate of drug-likeness (QED) is 0.142. The van der Waals surface area contributed by atoms with E-state index in [4.69, 9.17) is 20.4 Å². The van der Waals surface area contributed by atoms with Crippen molar-refractivity contribution >= 4 is 12.2 Å². The van der Waals surface area contributed by atoms with Crippen LogP contribution in [0.4, 0.5) is 0 Å². The van der Waals surface area contributed by atoms with E-state index in [1.54, 1.807) is 50.8 Å². The van der Waals surface area contributed by atoms with Crippen molar-refractivity contribution in [2.45, 2.75) is 41.5 Å². The first-order valence-corrected chi connectivity index (χ1v) is 17.3. The van der Waals surface area contributed by atoms with Crippen LogP contribution < -0.4 is 0 Å². The summed E-state index contributed by atoms with van der Waals surface area (Å²) in [5.41, 5.74) is 10.0. The molecular weight excluding hydrogens is 673 g/mol. The molecule has 0 aliphatic heterocycles. The van der Waals surface area contributed by atoms with Gasteiger partial charge >= 0.3 is 0 Å². The number of phenolic OH excluding ortho intramolecular Hbond substituents is 4. The molecule has 3 heterocycles. The van der Waals surface area contributed by atoms with Gasteiger partial charge in [-0.05, 0) is 112 Å². The van der Waals surface area contributed by atoms with Crippen LogP contribution in [-0.4, -0.2) is 40.4 Å². The second kappa shape index (κ2) is 22.2. The van der Waals surface area contributed by atoms with Gasteiger partial charge in [-0.15, -0.1) is 0 Å². The van der Waals surface area contributed by atoms with E-state index in [9.17, 15) is 0 Å². The molecule has 0 aliphatic rings. The molecule has 0 unspecified atom stereocenters. The fraction of sp³-hybridized carbons (Fsp3) is 0.130. The van der Waals surface area contributed by atoms with E-state index in [0.29, 0.717) is 11.1 Å². The number of phenols is 4. The molecule has 0 bridgehead atoms. The number of rotatable bonds is 3. The van der Waals surface area contributed by atoms with Crippen molar-refractivity contribution in [2.24, 2.45) is 0 Å². The Hall–Kier alpha value is -6.80. The zero-order valence-electron chi connectivity index (χ0n) is 31.6. The molecule has 0 aliphatic carbocycles. The number of aromatic hydroxyl groups is 4. The van der Waals surface area contributed by atoms with Crippen LogP contribution in [0.1, 0.15) is 45.0 Å². The van der Waals surface area contributed by atoms with Crippen LogP contribution in [0, 0.1) is 41.5 Å². The Morgan fingerprint density at radius 1 is 0.352 bits per heavy atom. The maximum absolute atomic E-state index is 8.94. The number of benzene rings is 4. The molecule has 0 saturated heterocycles. The van der Waals surface area contributed by atoms with Gasteiger partial charge in [-0.1, -0.05) is 84.9 Å². The Morgan fingerprint density at radius 2 is 0.630 bits per heavy atom. The molecule has 4 N–H and O–H groups in total. The highest BCUT2D eigenvalue weighted by atomic mass is 16.3. The topological polar surface area (TPSA) is 132 Å². The van der Waals surface area contributed by atoms with Crippen LogP contribution in [0.25, 0.3) is 23.3 Å². The number of aromatic nitrogens is 4. The smallest absolute Gasteiger partial charge is 0.122 e. The zero-order chi connectivity index (χ0) is 39.3. The molecule has 0 amide bonds. The van der Waals surface area contributed by atoms with Gasteiger partial charge in [0.2, 0.25) is 0 Å². The molecule has 7 rings (SSSR count). The highest BCUT2D eigenvalue weighted by Gasteiger charge is 2.00. The average Bonchev–Trinajstić information content (AvgIpc) is 3.20. The lowest BCUT2D eigenvalue weighted by molar-refractivity contribution is 0.442. The Bertz CT molecular complexity index is 1940. The minimum atomic E-state index is 0.134. The van der Waals surface area contributed by atoms with Crippen molar-refractivity contribution in [3.63, 3.8) is 0 Å². The summed E-state index contributed by atoms with van der Waals surface area (Å²) in [5.74, 6) is 0.537. The predicted molar refractivity (Wildman–Crippen MR) is 219 cm³/mol. The fourth-order valence-corrected chi connectivity index (χ4v) is 4.45. The maximum atomic E-state index is 8.94. The lowest BCUT2D eigenvalue weighted by atomic mass is 10.1. The number of aryl methyl sites for hydroxylation is 4. The van der Waals surface area contributed by atoms with Gasteiger partial charge in [-0.3, -0.25) is 19.9 Å². The molecule has 3 aromatic heterocycles. The van der Waals surface area contributed by atoms with Crippen LogP contribution in [0.2, 0.25) is 0 Å². The lowest BCUT2D eigenvalue weighted by Gasteiger charge is -2.01. The van der Waals surface area contributed by atoms with E-state index in [-0.39, 0.29) is 23.0 Å². The highest BCUT2D eigenvalue weighted by molar-refractivity contribution is 5.69. The summed E-state index contributed by atoms with van der Waals surface area (Å²) in [7, 11) is 0. The molecule has 8 heteroatoms. The molecule has 4 aromatic carbocycles. The highest BCUT2D eigenvalue weighted by Crippen LogP contribution is 2.24. The lowest BCUT2D eigenvalue weighted by Crippen LogP contribution is -1.97. The molecule has 54 heavy (non-hydrogen) atoms. The number of pyridine rings is 2. The average molecular weight is 721 g/mol. The van der Waals surface area contributed by atoms with Crippen LogP contribution in [-0.2, 0) is 0 Å². The van der Waals surface area contributed by atoms with E-state index in [1.165, 1.54) is 35.4 Å². The molecular formula is C46H48N4O4. The second-order valence-electron chi connectivity index (χ2n) is 12.0. The van der Waals surface area contributed by atoms with Crippen molar-refractivity contribution in [1.82, 2.24) is 19.9 Å². The van der Waals surface area contributed by atoms with Gasteiger partial charge in [-0.2, -0.15) is 0 Å². The molecule has 8 nitrogen and oxygen atoms in total. The minimum Gasteiger partial charge on any atom is -0.508 e. The van der Waals surface area contributed by atoms with Crippen LogP contribution in [0.3, 0.4) is 0 Å². The van der Waals surface area contributed by atoms with Gasteiger partial charge in [0.25, 0.3) is 0 Å². The number of hydrogen-bond donors (Lipinski definition) is 4. The van der Waals surface area contributed by atoms with Gasteiger partial charge in [-0.25, -0.2) is 0 Å². The van der Waals surface area contributed by atoms with Crippen LogP contribution in [0.15, 0.2) is 146 Å². The van der Waals surface area contributed by atoms with E-state index in [1.807, 2.05) is 64.1 Å². The first-order valence-electron chi connectivity index (χ1n) is 17.3. The van der Waals surface area contributed by atoms with Crippen LogP contribution >= 0.6 is 0 Å². The molecule has 0 atom stereocenters. The summed E-state index contributed by atoms with van der Waals surface area (Å²) >= 11 is 0. The van der Waals surface area contributed by atoms with Crippen molar-refractivity contribution in [3.8, 4) is 34.1 Å². The molecule has 0 spiro atoms. The summed E-state index contributed by atoms with van der Waals surface area (Å²) in [4.78, 5) is 16.5. The van der Waals surface area contributed by atoms with Gasteiger partial charge in [0.1, 0.15) is 23.0 Å². The number of nitrogens with zero attached hydrogens (tertiary/aromatic N) is 4. The summed E-state index contributed by atoms with van der Waals surface area (Å²) < 4.78 is 0. The molecule has 276 valence electrons. The predicted octanol–water partition coefficient (Wildman–Crippen LogP) is 10.5. The Morgan fingerprint density at radius 3 is 0.889 bits per heavy atom. The monoisotopic (exact) mass is 720 g/mol. The van der Waals surface area contributed by atoms with E-state index >= 15 is 0 Å². The van der Waals surface area contributed by atoms with Crippen molar-refractivity contribution < 1.29 is 20.4 Å². The van der Waals surface area contributed by atoms with Crippen molar-refractivity contribution in [1.29, 1.82) is 0 Å². The Labute approximate surface area is 318 Å². The normalized spacial score (nSPS) is 9.89. The van der Waals surface area contributed by atoms with Gasteiger partial charge in [0, 0.05) is 35.9 Å². The summed E-state index contributed by atoms with van der Waals surface area (Å²) in [6.07, 6.45) is 11.2. The van der Waals surface area contributed by atoms with Crippen molar-refractivity contribution in [3.05, 3.63) is 191 Å².